The monoisotopic (exact) mass is 238 g/mol. The number of nitrogens with zero attached hydrogens (tertiary/aromatic N) is 1. The highest BCUT2D eigenvalue weighted by atomic mass is 32.2. The first kappa shape index (κ1) is 10.7. The van der Waals surface area contributed by atoms with Crippen LogP contribution in [0, 0.1) is 6.92 Å². The van der Waals surface area contributed by atoms with Gasteiger partial charge in [-0.05, 0) is 19.1 Å². The molecule has 2 rings (SSSR count). The van der Waals surface area contributed by atoms with Crippen LogP contribution in [0.4, 0.5) is 0 Å². The third-order valence-electron chi connectivity index (χ3n) is 1.97. The van der Waals surface area contributed by atoms with Crippen LogP contribution >= 0.6 is 0 Å². The smallest absolute Gasteiger partial charge is 0.341 e. The molecule has 0 spiro atoms. The van der Waals surface area contributed by atoms with E-state index in [9.17, 15) is 8.42 Å². The fourth-order valence-electron chi connectivity index (χ4n) is 1.15. The van der Waals surface area contributed by atoms with Crippen molar-refractivity contribution in [3.8, 4) is 6.01 Å². The molecule has 16 heavy (non-hydrogen) atoms. The molecule has 1 heterocycles. The van der Waals surface area contributed by atoms with E-state index < -0.39 is 10.1 Å². The summed E-state index contributed by atoms with van der Waals surface area (Å²) in [5.41, 5.74) is 0.983. The van der Waals surface area contributed by atoms with E-state index in [4.69, 9.17) is 4.18 Å². The second-order valence-corrected chi connectivity index (χ2v) is 4.79. The molecule has 5 nitrogen and oxygen atoms in total. The van der Waals surface area contributed by atoms with Crippen molar-refractivity contribution in [1.82, 2.24) is 9.97 Å². The molecule has 84 valence electrons. The molecule has 0 fully saturated rings. The van der Waals surface area contributed by atoms with Gasteiger partial charge in [-0.1, -0.05) is 17.7 Å². The lowest BCUT2D eigenvalue weighted by molar-refractivity contribution is 0.467. The van der Waals surface area contributed by atoms with Crippen LogP contribution in [-0.4, -0.2) is 18.4 Å². The van der Waals surface area contributed by atoms with E-state index in [1.807, 2.05) is 6.92 Å². The van der Waals surface area contributed by atoms with E-state index in [-0.39, 0.29) is 10.9 Å². The maximum atomic E-state index is 11.7. The van der Waals surface area contributed by atoms with Gasteiger partial charge in [-0.2, -0.15) is 8.42 Å². The van der Waals surface area contributed by atoms with Gasteiger partial charge in [0.15, 0.2) is 0 Å². The minimum absolute atomic E-state index is 0.0411. The first-order valence-electron chi connectivity index (χ1n) is 4.58. The topological polar surface area (TPSA) is 72.1 Å². The first-order chi connectivity index (χ1) is 7.58. The number of hydrogen-bond acceptors (Lipinski definition) is 4. The summed E-state index contributed by atoms with van der Waals surface area (Å²) in [5, 5.41) is 0. The van der Waals surface area contributed by atoms with Crippen molar-refractivity contribution >= 4 is 10.1 Å². The highest BCUT2D eigenvalue weighted by molar-refractivity contribution is 7.87. The molecule has 0 unspecified atom stereocenters. The molecule has 0 saturated carbocycles. The average molecular weight is 238 g/mol. The van der Waals surface area contributed by atoms with Gasteiger partial charge in [-0.15, -0.1) is 0 Å². The minimum Gasteiger partial charge on any atom is -0.342 e. The van der Waals surface area contributed by atoms with E-state index in [1.54, 1.807) is 12.1 Å². The molecule has 1 N–H and O–H groups in total. The lowest BCUT2D eigenvalue weighted by Crippen LogP contribution is -2.10. The molecular weight excluding hydrogens is 228 g/mol. The Morgan fingerprint density at radius 2 is 1.94 bits per heavy atom. The zero-order valence-electron chi connectivity index (χ0n) is 8.54. The van der Waals surface area contributed by atoms with Gasteiger partial charge in [0.05, 0.1) is 0 Å². The molecule has 1 aromatic carbocycles. The van der Waals surface area contributed by atoms with E-state index in [0.717, 1.165) is 5.56 Å². The quantitative estimate of drug-likeness (QED) is 0.822. The third kappa shape index (κ3) is 2.22. The Kier molecular flexibility index (Phi) is 2.66. The number of benzene rings is 1. The minimum atomic E-state index is -3.79. The number of aromatic amines is 1. The Labute approximate surface area is 93.2 Å². The molecule has 0 bridgehead atoms. The standard InChI is InChI=1S/C10H10N2O3S/c1-8-2-4-9(5-3-8)16(13,14)15-10-11-6-7-12-10/h2-7H,1H3,(H,11,12). The lowest BCUT2D eigenvalue weighted by Gasteiger charge is -2.03. The van der Waals surface area contributed by atoms with E-state index in [0.29, 0.717) is 0 Å². The second kappa shape index (κ2) is 3.97. The number of imidazole rings is 1. The SMILES string of the molecule is Cc1ccc(S(=O)(=O)Oc2ncc[nH]2)cc1. The third-order valence-corrected chi connectivity index (χ3v) is 3.20. The van der Waals surface area contributed by atoms with Crippen molar-refractivity contribution in [2.45, 2.75) is 11.8 Å². The number of H-pyrrole nitrogens is 1. The highest BCUT2D eigenvalue weighted by Gasteiger charge is 2.17. The Morgan fingerprint density at radius 3 is 2.50 bits per heavy atom. The van der Waals surface area contributed by atoms with Crippen molar-refractivity contribution in [3.05, 3.63) is 42.2 Å². The summed E-state index contributed by atoms with van der Waals surface area (Å²) in [7, 11) is -3.79. The summed E-state index contributed by atoms with van der Waals surface area (Å²) in [5.74, 6) is 0. The summed E-state index contributed by atoms with van der Waals surface area (Å²) in [6, 6.07) is 6.36. The summed E-state index contributed by atoms with van der Waals surface area (Å²) < 4.78 is 28.2. The van der Waals surface area contributed by atoms with Gasteiger partial charge >= 0.3 is 16.1 Å². The normalized spacial score (nSPS) is 11.3. The zero-order chi connectivity index (χ0) is 11.6. The fourth-order valence-corrected chi connectivity index (χ4v) is 2.02. The van der Waals surface area contributed by atoms with Crippen LogP contribution in [0.3, 0.4) is 0 Å². The van der Waals surface area contributed by atoms with Gasteiger partial charge in [0.1, 0.15) is 4.90 Å². The van der Waals surface area contributed by atoms with Gasteiger partial charge in [-0.25, -0.2) is 4.98 Å². The van der Waals surface area contributed by atoms with Crippen LogP contribution < -0.4 is 4.18 Å². The molecule has 0 aliphatic carbocycles. The van der Waals surface area contributed by atoms with Gasteiger partial charge < -0.3 is 9.17 Å². The zero-order valence-corrected chi connectivity index (χ0v) is 9.36. The van der Waals surface area contributed by atoms with Crippen LogP contribution in [0.2, 0.25) is 0 Å². The van der Waals surface area contributed by atoms with Crippen molar-refractivity contribution < 1.29 is 12.6 Å². The Morgan fingerprint density at radius 1 is 1.25 bits per heavy atom. The number of hydrogen-bond donors (Lipinski definition) is 1. The molecule has 0 atom stereocenters. The van der Waals surface area contributed by atoms with E-state index in [2.05, 4.69) is 9.97 Å². The Bertz CT molecular complexity index is 559. The molecule has 0 radical (unpaired) electrons. The molecule has 6 heteroatoms. The number of aromatic nitrogens is 2. The Balaban J connectivity index is 2.29. The van der Waals surface area contributed by atoms with Crippen molar-refractivity contribution in [2.75, 3.05) is 0 Å². The van der Waals surface area contributed by atoms with Gasteiger partial charge in [-0.3, -0.25) is 0 Å². The molecule has 0 saturated heterocycles. The largest absolute Gasteiger partial charge is 0.342 e. The predicted molar refractivity (Wildman–Crippen MR) is 57.6 cm³/mol. The summed E-state index contributed by atoms with van der Waals surface area (Å²) in [6.45, 7) is 1.88. The molecule has 0 aliphatic heterocycles. The molecular formula is C10H10N2O3S. The predicted octanol–water partition coefficient (Wildman–Crippen LogP) is 1.49. The molecule has 0 amide bonds. The number of aryl methyl sites for hydroxylation is 1. The highest BCUT2D eigenvalue weighted by Crippen LogP contribution is 2.14. The van der Waals surface area contributed by atoms with Crippen molar-refractivity contribution in [1.29, 1.82) is 0 Å². The van der Waals surface area contributed by atoms with Crippen LogP contribution in [0.25, 0.3) is 0 Å². The van der Waals surface area contributed by atoms with Gasteiger partial charge in [0.25, 0.3) is 0 Å². The van der Waals surface area contributed by atoms with Crippen LogP contribution in [-0.2, 0) is 10.1 Å². The van der Waals surface area contributed by atoms with Gasteiger partial charge in [0, 0.05) is 12.4 Å². The number of rotatable bonds is 3. The summed E-state index contributed by atoms with van der Waals surface area (Å²) in [4.78, 5) is 6.36. The van der Waals surface area contributed by atoms with Crippen molar-refractivity contribution in [3.63, 3.8) is 0 Å². The molecule has 0 aliphatic rings. The van der Waals surface area contributed by atoms with Gasteiger partial charge in [0.2, 0.25) is 0 Å². The number of nitrogens with one attached hydrogen (secondary N) is 1. The van der Waals surface area contributed by atoms with Crippen LogP contribution in [0.15, 0.2) is 41.6 Å². The Hall–Kier alpha value is -1.82. The lowest BCUT2D eigenvalue weighted by atomic mass is 10.2. The van der Waals surface area contributed by atoms with Crippen molar-refractivity contribution in [2.24, 2.45) is 0 Å². The van der Waals surface area contributed by atoms with Crippen LogP contribution in [0.1, 0.15) is 5.56 Å². The molecule has 2 aromatic rings. The van der Waals surface area contributed by atoms with E-state index >= 15 is 0 Å². The summed E-state index contributed by atoms with van der Waals surface area (Å²) in [6.07, 6.45) is 2.90. The first-order valence-corrected chi connectivity index (χ1v) is 5.99. The van der Waals surface area contributed by atoms with Crippen LogP contribution in [0.5, 0.6) is 6.01 Å². The summed E-state index contributed by atoms with van der Waals surface area (Å²) >= 11 is 0. The molecule has 1 aromatic heterocycles. The average Bonchev–Trinajstić information content (AvgIpc) is 2.70. The second-order valence-electron chi connectivity index (χ2n) is 3.24. The maximum absolute atomic E-state index is 11.7. The van der Waals surface area contributed by atoms with E-state index in [1.165, 1.54) is 24.5 Å². The maximum Gasteiger partial charge on any atom is 0.341 e. The fraction of sp³-hybridized carbons (Fsp3) is 0.100.